The van der Waals surface area contributed by atoms with Gasteiger partial charge in [-0.2, -0.15) is 0 Å². The molecule has 0 heterocycles. The minimum Gasteiger partial charge on any atom is -0.399 e. The molecule has 1 aromatic carbocycles. The molecule has 6 heteroatoms. The van der Waals surface area contributed by atoms with Gasteiger partial charge in [-0.05, 0) is 12.1 Å². The number of nitro benzene ring substituents is 1. The number of hydrogen-bond acceptors (Lipinski definition) is 5. The highest BCUT2D eigenvalue weighted by atomic mass is 16.6. The van der Waals surface area contributed by atoms with Crippen molar-refractivity contribution in [1.29, 1.82) is 0 Å². The molecule has 0 unspecified atom stereocenters. The van der Waals surface area contributed by atoms with Crippen LogP contribution in [0, 0.1) is 10.1 Å². The van der Waals surface area contributed by atoms with Crippen LogP contribution in [0.25, 0.3) is 0 Å². The maximum atomic E-state index is 10.7. The average molecular weight is 211 g/mol. The fourth-order valence-corrected chi connectivity index (χ4v) is 1.14. The fraction of sp³-hybridized carbons (Fsp3) is 0.333. The smallest absolute Gasteiger partial charge is 0.292 e. The predicted octanol–water partition coefficient (Wildman–Crippen LogP) is 1.24. The minimum absolute atomic E-state index is 0.0142. The van der Waals surface area contributed by atoms with Crippen LogP contribution < -0.4 is 11.1 Å². The summed E-state index contributed by atoms with van der Waals surface area (Å²) in [5.74, 6) is 0. The van der Waals surface area contributed by atoms with E-state index in [2.05, 4.69) is 5.32 Å². The first kappa shape index (κ1) is 11.3. The van der Waals surface area contributed by atoms with Crippen LogP contribution in [0.5, 0.6) is 0 Å². The molecule has 0 aliphatic rings. The Morgan fingerprint density at radius 2 is 2.33 bits per heavy atom. The molecule has 0 aliphatic heterocycles. The van der Waals surface area contributed by atoms with E-state index in [1.807, 2.05) is 0 Å². The maximum absolute atomic E-state index is 10.7. The molecule has 1 rings (SSSR count). The van der Waals surface area contributed by atoms with E-state index in [1.54, 1.807) is 7.11 Å². The second kappa shape index (κ2) is 5.16. The number of anilines is 2. The van der Waals surface area contributed by atoms with Crippen LogP contribution in [0.4, 0.5) is 17.1 Å². The summed E-state index contributed by atoms with van der Waals surface area (Å²) < 4.78 is 4.83. The molecule has 0 atom stereocenters. The summed E-state index contributed by atoms with van der Waals surface area (Å²) in [4.78, 5) is 10.2. The number of nitro groups is 1. The summed E-state index contributed by atoms with van der Waals surface area (Å²) in [5.41, 5.74) is 6.45. The van der Waals surface area contributed by atoms with Crippen LogP contribution in [0.3, 0.4) is 0 Å². The third kappa shape index (κ3) is 3.10. The monoisotopic (exact) mass is 211 g/mol. The molecule has 15 heavy (non-hydrogen) atoms. The number of methoxy groups -OCH3 is 1. The first-order chi connectivity index (χ1) is 7.15. The SMILES string of the molecule is COCCNc1cc(N)ccc1[N+](=O)[O-]. The number of ether oxygens (including phenoxy) is 1. The Hall–Kier alpha value is -1.82. The molecule has 0 aromatic heterocycles. The van der Waals surface area contributed by atoms with Crippen LogP contribution >= 0.6 is 0 Å². The molecule has 0 bridgehead atoms. The van der Waals surface area contributed by atoms with Crippen molar-refractivity contribution in [1.82, 2.24) is 0 Å². The Balaban J connectivity index is 2.82. The van der Waals surface area contributed by atoms with E-state index in [0.717, 1.165) is 0 Å². The maximum Gasteiger partial charge on any atom is 0.292 e. The molecule has 0 saturated heterocycles. The number of benzene rings is 1. The highest BCUT2D eigenvalue weighted by Gasteiger charge is 2.12. The third-order valence-electron chi connectivity index (χ3n) is 1.84. The zero-order chi connectivity index (χ0) is 11.3. The van der Waals surface area contributed by atoms with Crippen LogP contribution in [0.1, 0.15) is 0 Å². The fourth-order valence-electron chi connectivity index (χ4n) is 1.14. The summed E-state index contributed by atoms with van der Waals surface area (Å²) in [6, 6.07) is 4.41. The van der Waals surface area contributed by atoms with Gasteiger partial charge in [0, 0.05) is 25.4 Å². The Kier molecular flexibility index (Phi) is 3.87. The first-order valence-corrected chi connectivity index (χ1v) is 4.42. The van der Waals surface area contributed by atoms with Crippen molar-refractivity contribution in [2.24, 2.45) is 0 Å². The topological polar surface area (TPSA) is 90.4 Å². The highest BCUT2D eigenvalue weighted by Crippen LogP contribution is 2.25. The van der Waals surface area contributed by atoms with Gasteiger partial charge in [0.2, 0.25) is 0 Å². The lowest BCUT2D eigenvalue weighted by Gasteiger charge is -2.06. The van der Waals surface area contributed by atoms with Gasteiger partial charge in [-0.1, -0.05) is 0 Å². The van der Waals surface area contributed by atoms with Crippen molar-refractivity contribution < 1.29 is 9.66 Å². The standard InChI is InChI=1S/C9H13N3O3/c1-15-5-4-11-8-6-7(10)2-3-9(8)12(13)14/h2-3,6,11H,4-5,10H2,1H3. The number of nitrogen functional groups attached to an aromatic ring is 1. The van der Waals surface area contributed by atoms with Gasteiger partial charge in [-0.25, -0.2) is 0 Å². The van der Waals surface area contributed by atoms with Crippen molar-refractivity contribution in [2.75, 3.05) is 31.3 Å². The average Bonchev–Trinajstić information content (AvgIpc) is 2.18. The molecule has 0 spiro atoms. The van der Waals surface area contributed by atoms with Crippen LogP contribution in [0.15, 0.2) is 18.2 Å². The van der Waals surface area contributed by atoms with Crippen LogP contribution in [0.2, 0.25) is 0 Å². The van der Waals surface area contributed by atoms with Crippen molar-refractivity contribution in [3.63, 3.8) is 0 Å². The Bertz CT molecular complexity index is 354. The third-order valence-corrected chi connectivity index (χ3v) is 1.84. The van der Waals surface area contributed by atoms with Crippen molar-refractivity contribution >= 4 is 17.1 Å². The molecule has 1 aromatic rings. The largest absolute Gasteiger partial charge is 0.399 e. The summed E-state index contributed by atoms with van der Waals surface area (Å²) in [5, 5.41) is 13.5. The van der Waals surface area contributed by atoms with Crippen LogP contribution in [-0.2, 0) is 4.74 Å². The van der Waals surface area contributed by atoms with Crippen LogP contribution in [-0.4, -0.2) is 25.2 Å². The summed E-state index contributed by atoms with van der Waals surface area (Å²) in [6.07, 6.45) is 0. The zero-order valence-electron chi connectivity index (χ0n) is 8.40. The Morgan fingerprint density at radius 3 is 2.93 bits per heavy atom. The number of rotatable bonds is 5. The Morgan fingerprint density at radius 1 is 1.60 bits per heavy atom. The summed E-state index contributed by atoms with van der Waals surface area (Å²) in [6.45, 7) is 0.979. The van der Waals surface area contributed by atoms with E-state index >= 15 is 0 Å². The van der Waals surface area contributed by atoms with Gasteiger partial charge >= 0.3 is 0 Å². The lowest BCUT2D eigenvalue weighted by molar-refractivity contribution is -0.383. The molecule has 82 valence electrons. The number of nitrogens with two attached hydrogens (primary N) is 1. The van der Waals surface area contributed by atoms with Gasteiger partial charge in [-0.3, -0.25) is 10.1 Å². The van der Waals surface area contributed by atoms with Gasteiger partial charge in [0.25, 0.3) is 5.69 Å². The van der Waals surface area contributed by atoms with Gasteiger partial charge < -0.3 is 15.8 Å². The van der Waals surface area contributed by atoms with E-state index in [-0.39, 0.29) is 5.69 Å². The van der Waals surface area contributed by atoms with Gasteiger partial charge in [0.15, 0.2) is 0 Å². The molecule has 0 fully saturated rings. The normalized spacial score (nSPS) is 9.93. The van der Waals surface area contributed by atoms with Crippen molar-refractivity contribution in [2.45, 2.75) is 0 Å². The number of nitrogens with zero attached hydrogens (tertiary/aromatic N) is 1. The molecule has 0 saturated carbocycles. The summed E-state index contributed by atoms with van der Waals surface area (Å²) in [7, 11) is 1.56. The lowest BCUT2D eigenvalue weighted by atomic mass is 10.2. The number of nitrogens with one attached hydrogen (secondary N) is 1. The van der Waals surface area contributed by atoms with E-state index < -0.39 is 4.92 Å². The molecule has 0 aliphatic carbocycles. The quantitative estimate of drug-likeness (QED) is 0.331. The lowest BCUT2D eigenvalue weighted by Crippen LogP contribution is -2.09. The van der Waals surface area contributed by atoms with Gasteiger partial charge in [0.1, 0.15) is 5.69 Å². The zero-order valence-corrected chi connectivity index (χ0v) is 8.40. The second-order valence-corrected chi connectivity index (χ2v) is 2.95. The molecule has 6 nitrogen and oxygen atoms in total. The molecular weight excluding hydrogens is 198 g/mol. The summed E-state index contributed by atoms with van der Waals surface area (Å²) >= 11 is 0. The molecule has 0 amide bonds. The van der Waals surface area contributed by atoms with Crippen molar-refractivity contribution in [3.05, 3.63) is 28.3 Å². The molecule has 3 N–H and O–H groups in total. The molecular formula is C9H13N3O3. The Labute approximate surface area is 87.2 Å². The first-order valence-electron chi connectivity index (χ1n) is 4.42. The second-order valence-electron chi connectivity index (χ2n) is 2.95. The number of hydrogen-bond donors (Lipinski definition) is 2. The predicted molar refractivity (Wildman–Crippen MR) is 57.9 cm³/mol. The highest BCUT2D eigenvalue weighted by molar-refractivity contribution is 5.67. The van der Waals surface area contributed by atoms with Gasteiger partial charge in [-0.15, -0.1) is 0 Å². The van der Waals surface area contributed by atoms with E-state index in [9.17, 15) is 10.1 Å². The van der Waals surface area contributed by atoms with Gasteiger partial charge in [0.05, 0.1) is 11.5 Å². The molecule has 0 radical (unpaired) electrons. The van der Waals surface area contributed by atoms with Crippen molar-refractivity contribution in [3.8, 4) is 0 Å². The van der Waals surface area contributed by atoms with E-state index in [0.29, 0.717) is 24.5 Å². The van der Waals surface area contributed by atoms with E-state index in [4.69, 9.17) is 10.5 Å². The van der Waals surface area contributed by atoms with E-state index in [1.165, 1.54) is 18.2 Å². The minimum atomic E-state index is -0.450.